The number of nitro groups is 1. The Bertz CT molecular complexity index is 1290. The van der Waals surface area contributed by atoms with Gasteiger partial charge >= 0.3 is 5.69 Å². The number of nitrogens with one attached hydrogen (secondary N) is 1. The summed E-state index contributed by atoms with van der Waals surface area (Å²) in [4.78, 5) is 22.0. The van der Waals surface area contributed by atoms with Crippen molar-refractivity contribution in [3.63, 3.8) is 0 Å². The maximum absolute atomic E-state index is 12.9. The van der Waals surface area contributed by atoms with Gasteiger partial charge in [-0.2, -0.15) is 0 Å². The molecule has 0 spiro atoms. The minimum atomic E-state index is -3.91. The zero-order chi connectivity index (χ0) is 22.8. The lowest BCUT2D eigenvalue weighted by atomic mass is 10.1. The number of aryl methyl sites for hydroxylation is 2. The number of hydrogen-bond donors (Lipinski definition) is 1. The molecule has 3 aromatic rings. The average molecular weight is 441 g/mol. The van der Waals surface area contributed by atoms with E-state index in [0.717, 1.165) is 0 Å². The van der Waals surface area contributed by atoms with Crippen LogP contribution in [0.4, 0.5) is 11.4 Å². The lowest BCUT2D eigenvalue weighted by Crippen LogP contribution is -2.14. The molecule has 1 N–H and O–H groups in total. The van der Waals surface area contributed by atoms with Crippen LogP contribution in [0.25, 0.3) is 12.2 Å². The normalized spacial score (nSPS) is 11.6. The molecule has 0 fully saturated rings. The van der Waals surface area contributed by atoms with Gasteiger partial charge in [-0.25, -0.2) is 8.42 Å². The number of sulfonamides is 1. The molecule has 0 saturated carbocycles. The second-order valence-corrected chi connectivity index (χ2v) is 8.49. The molecule has 0 amide bonds. The van der Waals surface area contributed by atoms with Gasteiger partial charge < -0.3 is 4.52 Å². The van der Waals surface area contributed by atoms with Gasteiger partial charge in [-0.15, -0.1) is 0 Å². The van der Waals surface area contributed by atoms with Crippen molar-refractivity contribution in [1.82, 2.24) is 5.16 Å². The van der Waals surface area contributed by atoms with Crippen LogP contribution in [0.3, 0.4) is 0 Å². The van der Waals surface area contributed by atoms with Crippen LogP contribution in [0, 0.1) is 24.0 Å². The summed E-state index contributed by atoms with van der Waals surface area (Å²) in [6.45, 7) is 4.55. The van der Waals surface area contributed by atoms with Crippen molar-refractivity contribution < 1.29 is 22.7 Å². The van der Waals surface area contributed by atoms with E-state index >= 15 is 0 Å². The van der Waals surface area contributed by atoms with E-state index in [2.05, 4.69) is 9.88 Å². The quantitative estimate of drug-likeness (QED) is 0.327. The van der Waals surface area contributed by atoms with Gasteiger partial charge in [0.25, 0.3) is 10.0 Å². The van der Waals surface area contributed by atoms with E-state index in [1.807, 2.05) is 0 Å². The SMILES string of the molecule is CC(=O)c1ccc(NS(=O)(=O)c2cc(/C=C/c3onc(C)c3[N+](=O)[O-])ccc2C)cc1. The number of carbonyl (C=O) groups is 1. The van der Waals surface area contributed by atoms with Crippen LogP contribution in [0.15, 0.2) is 51.9 Å². The first kappa shape index (κ1) is 21.9. The van der Waals surface area contributed by atoms with Gasteiger partial charge in [0.05, 0.1) is 9.82 Å². The largest absolute Gasteiger partial charge is 0.349 e. The molecule has 3 rings (SSSR count). The van der Waals surface area contributed by atoms with Crippen molar-refractivity contribution in [2.45, 2.75) is 25.7 Å². The first-order valence-electron chi connectivity index (χ1n) is 9.11. The third-order valence-electron chi connectivity index (χ3n) is 4.51. The summed E-state index contributed by atoms with van der Waals surface area (Å²) >= 11 is 0. The molecule has 0 aliphatic heterocycles. The lowest BCUT2D eigenvalue weighted by Gasteiger charge is -2.11. The predicted molar refractivity (Wildman–Crippen MR) is 115 cm³/mol. The Kier molecular flexibility index (Phi) is 6.02. The maximum Gasteiger partial charge on any atom is 0.338 e. The minimum Gasteiger partial charge on any atom is -0.349 e. The molecule has 0 saturated heterocycles. The second kappa shape index (κ2) is 8.52. The summed E-state index contributed by atoms with van der Waals surface area (Å²) in [6.07, 6.45) is 2.88. The van der Waals surface area contributed by atoms with Crippen LogP contribution in [-0.4, -0.2) is 24.3 Å². The van der Waals surface area contributed by atoms with Crippen LogP contribution < -0.4 is 4.72 Å². The third-order valence-corrected chi connectivity index (χ3v) is 6.04. The number of anilines is 1. The van der Waals surface area contributed by atoms with Crippen LogP contribution in [0.1, 0.15) is 39.9 Å². The molecular formula is C21H19N3O6S. The molecule has 0 aliphatic rings. The van der Waals surface area contributed by atoms with Crippen LogP contribution >= 0.6 is 0 Å². The molecule has 31 heavy (non-hydrogen) atoms. The number of ketones is 1. The number of rotatable bonds is 7. The van der Waals surface area contributed by atoms with Crippen molar-refractivity contribution in [3.05, 3.63) is 80.7 Å². The van der Waals surface area contributed by atoms with Crippen LogP contribution in [0.5, 0.6) is 0 Å². The lowest BCUT2D eigenvalue weighted by molar-refractivity contribution is -0.386. The highest BCUT2D eigenvalue weighted by atomic mass is 32.2. The maximum atomic E-state index is 12.9. The number of aromatic nitrogens is 1. The van der Waals surface area contributed by atoms with Crippen molar-refractivity contribution in [2.24, 2.45) is 0 Å². The van der Waals surface area contributed by atoms with Crippen molar-refractivity contribution in [3.8, 4) is 0 Å². The fourth-order valence-electron chi connectivity index (χ4n) is 2.88. The highest BCUT2D eigenvalue weighted by molar-refractivity contribution is 7.92. The Labute approximate surface area is 178 Å². The van der Waals surface area contributed by atoms with Gasteiger partial charge in [-0.3, -0.25) is 19.6 Å². The van der Waals surface area contributed by atoms with E-state index in [9.17, 15) is 23.3 Å². The number of Topliss-reactive ketones (excluding diaryl/α,β-unsaturated/α-hetero) is 1. The summed E-state index contributed by atoms with van der Waals surface area (Å²) in [5.41, 5.74) is 1.72. The molecule has 0 unspecified atom stereocenters. The molecule has 1 aromatic heterocycles. The molecule has 1 heterocycles. The van der Waals surface area contributed by atoms with Crippen molar-refractivity contribution in [2.75, 3.05) is 4.72 Å². The molecule has 9 nitrogen and oxygen atoms in total. The summed E-state index contributed by atoms with van der Waals surface area (Å²) in [5.74, 6) is -0.150. The first-order valence-corrected chi connectivity index (χ1v) is 10.6. The second-order valence-electron chi connectivity index (χ2n) is 6.84. The van der Waals surface area contributed by atoms with E-state index in [1.54, 1.807) is 31.2 Å². The van der Waals surface area contributed by atoms with Gasteiger partial charge in [-0.1, -0.05) is 23.4 Å². The fourth-order valence-corrected chi connectivity index (χ4v) is 4.22. The van der Waals surface area contributed by atoms with Gasteiger partial charge in [0.15, 0.2) is 11.5 Å². The van der Waals surface area contributed by atoms with Crippen molar-refractivity contribution >= 4 is 39.3 Å². The van der Waals surface area contributed by atoms with Crippen LogP contribution in [-0.2, 0) is 10.0 Å². The van der Waals surface area contributed by atoms with E-state index in [4.69, 9.17) is 4.52 Å². The molecule has 2 aromatic carbocycles. The summed E-state index contributed by atoms with van der Waals surface area (Å²) in [6, 6.07) is 10.9. The summed E-state index contributed by atoms with van der Waals surface area (Å²) in [5, 5.41) is 14.7. The predicted octanol–water partition coefficient (Wildman–Crippen LogP) is 4.37. The first-order chi connectivity index (χ1) is 14.6. The van der Waals surface area contributed by atoms with Gasteiger partial charge in [0, 0.05) is 11.3 Å². The molecule has 0 atom stereocenters. The van der Waals surface area contributed by atoms with E-state index in [1.165, 1.54) is 44.2 Å². The topological polar surface area (TPSA) is 132 Å². The minimum absolute atomic E-state index is 0.0313. The number of hydrogen-bond acceptors (Lipinski definition) is 7. The smallest absolute Gasteiger partial charge is 0.338 e. The highest BCUT2D eigenvalue weighted by Crippen LogP contribution is 2.26. The van der Waals surface area contributed by atoms with Gasteiger partial charge in [0.2, 0.25) is 5.76 Å². The van der Waals surface area contributed by atoms with E-state index < -0.39 is 14.9 Å². The zero-order valence-corrected chi connectivity index (χ0v) is 17.8. The zero-order valence-electron chi connectivity index (χ0n) is 16.9. The molecule has 10 heteroatoms. The third kappa shape index (κ3) is 4.86. The monoisotopic (exact) mass is 441 g/mol. The van der Waals surface area contributed by atoms with Crippen LogP contribution in [0.2, 0.25) is 0 Å². The molecule has 0 bridgehead atoms. The molecular weight excluding hydrogens is 422 g/mol. The number of benzene rings is 2. The van der Waals surface area contributed by atoms with Gasteiger partial charge in [-0.05, 0) is 68.3 Å². The van der Waals surface area contributed by atoms with E-state index in [0.29, 0.717) is 22.4 Å². The number of carbonyl (C=O) groups excluding carboxylic acids is 1. The molecule has 0 radical (unpaired) electrons. The Morgan fingerprint density at radius 1 is 1.13 bits per heavy atom. The molecule has 160 valence electrons. The van der Waals surface area contributed by atoms with E-state index in [-0.39, 0.29) is 27.8 Å². The Morgan fingerprint density at radius 2 is 1.81 bits per heavy atom. The average Bonchev–Trinajstić information content (AvgIpc) is 3.08. The standard InChI is InChI=1S/C21H19N3O6S/c1-13-4-5-16(6-11-19-21(24(26)27)14(2)22-30-19)12-20(13)31(28,29)23-18-9-7-17(8-10-18)15(3)25/h4-12,23H,1-3H3/b11-6+. The van der Waals surface area contributed by atoms with Gasteiger partial charge in [0.1, 0.15) is 0 Å². The van der Waals surface area contributed by atoms with Crippen molar-refractivity contribution in [1.29, 1.82) is 0 Å². The molecule has 0 aliphatic carbocycles. The summed E-state index contributed by atoms with van der Waals surface area (Å²) < 4.78 is 33.2. The fraction of sp³-hybridized carbons (Fsp3) is 0.143. The Hall–Kier alpha value is -3.79. The Balaban J connectivity index is 1.89. The number of nitrogens with zero attached hydrogens (tertiary/aromatic N) is 2. The highest BCUT2D eigenvalue weighted by Gasteiger charge is 2.22. The Morgan fingerprint density at radius 3 is 2.42 bits per heavy atom. The summed E-state index contributed by atoms with van der Waals surface area (Å²) in [7, 11) is -3.91.